The van der Waals surface area contributed by atoms with Crippen LogP contribution in [0, 0.1) is 30.1 Å². The van der Waals surface area contributed by atoms with Crippen LogP contribution in [-0.2, 0) is 16.2 Å². The van der Waals surface area contributed by atoms with Gasteiger partial charge in [0.2, 0.25) is 0 Å². The Morgan fingerprint density at radius 3 is 2.10 bits per heavy atom. The van der Waals surface area contributed by atoms with E-state index in [-0.39, 0.29) is 50.3 Å². The molecule has 2 heterocycles. The molecular formula is C59H66BN2. The zero-order valence-electron chi connectivity index (χ0n) is 39.5. The number of allylic oxidation sites excluding steroid dienone is 2. The van der Waals surface area contributed by atoms with Gasteiger partial charge < -0.3 is 10.2 Å². The van der Waals surface area contributed by atoms with E-state index in [2.05, 4.69) is 210 Å². The zero-order valence-corrected chi connectivity index (χ0v) is 39.5. The molecule has 62 heavy (non-hydrogen) atoms. The van der Waals surface area contributed by atoms with Crippen LogP contribution < -0.4 is 15.7 Å². The molecule has 5 aliphatic carbocycles. The maximum Gasteiger partial charge on any atom is 0.164 e. The van der Waals surface area contributed by atoms with Gasteiger partial charge in [0.05, 0.1) is 6.04 Å². The predicted molar refractivity (Wildman–Crippen MR) is 265 cm³/mol. The molecule has 0 saturated heterocycles. The lowest BCUT2D eigenvalue weighted by Crippen LogP contribution is -2.74. The first-order valence-electron chi connectivity index (χ1n) is 23.7. The van der Waals surface area contributed by atoms with Crippen molar-refractivity contribution in [3.05, 3.63) is 159 Å². The summed E-state index contributed by atoms with van der Waals surface area (Å²) in [5, 5.41) is 4.40. The van der Waals surface area contributed by atoms with E-state index in [9.17, 15) is 0 Å². The predicted octanol–water partition coefficient (Wildman–Crippen LogP) is 14.3. The van der Waals surface area contributed by atoms with Crippen molar-refractivity contribution < 1.29 is 0 Å². The van der Waals surface area contributed by atoms with Gasteiger partial charge in [0.1, 0.15) is 0 Å². The molecule has 0 amide bonds. The first-order chi connectivity index (χ1) is 29.3. The van der Waals surface area contributed by atoms with Crippen LogP contribution in [-0.4, -0.2) is 20.4 Å². The van der Waals surface area contributed by atoms with Gasteiger partial charge >= 0.3 is 0 Å². The van der Waals surface area contributed by atoms with Gasteiger partial charge in [0.15, 0.2) is 7.28 Å². The van der Waals surface area contributed by atoms with Crippen molar-refractivity contribution in [1.82, 2.24) is 0 Å². The lowest BCUT2D eigenvalue weighted by atomic mass is 9.22. The number of anilines is 3. The van der Waals surface area contributed by atoms with E-state index in [0.717, 1.165) is 0 Å². The van der Waals surface area contributed by atoms with Crippen molar-refractivity contribution in [2.24, 2.45) is 16.2 Å². The monoisotopic (exact) mass is 814 g/mol. The van der Waals surface area contributed by atoms with Crippen LogP contribution in [0.2, 0.25) is 5.82 Å². The minimum absolute atomic E-state index is 0.0198. The van der Waals surface area contributed by atoms with Gasteiger partial charge in [0, 0.05) is 40.9 Å². The van der Waals surface area contributed by atoms with Crippen molar-refractivity contribution in [3.8, 4) is 11.1 Å². The second-order valence-electron chi connectivity index (χ2n) is 23.1. The Labute approximate surface area is 373 Å². The maximum atomic E-state index is 4.40. The molecular weight excluding hydrogens is 747 g/mol. The van der Waals surface area contributed by atoms with Gasteiger partial charge in [-0.25, -0.2) is 0 Å². The number of nitrogens with one attached hydrogen (secondary N) is 1. The number of nitrogens with zero attached hydrogens (tertiary/aromatic N) is 1. The van der Waals surface area contributed by atoms with E-state index in [1.165, 1.54) is 109 Å². The quantitative estimate of drug-likeness (QED) is 0.140. The smallest absolute Gasteiger partial charge is 0.164 e. The SMILES string of the molecule is Cc1ccc(NC2C3=C[C@]2(c2ccccc2C)C24C(=CC2[B]c2c(N(C)c5ccc6c(c5)C(C)(C)CCC6(C)C)cc5c(c23)C(C)c2ccccc2-5)C(C)(C)CCC4(C)C)cc1. The first-order valence-corrected chi connectivity index (χ1v) is 23.7. The van der Waals surface area contributed by atoms with E-state index in [1.807, 2.05) is 0 Å². The number of hydrogen-bond acceptors (Lipinski definition) is 2. The highest BCUT2D eigenvalue weighted by Crippen LogP contribution is 2.81. The Balaban J connectivity index is 1.24. The highest BCUT2D eigenvalue weighted by molar-refractivity contribution is 6.60. The molecule has 2 bridgehead atoms. The third-order valence-electron chi connectivity index (χ3n) is 18.0. The van der Waals surface area contributed by atoms with E-state index in [4.69, 9.17) is 0 Å². The minimum atomic E-state index is -0.289. The summed E-state index contributed by atoms with van der Waals surface area (Å²) in [7, 11) is 5.14. The molecule has 3 heteroatoms. The van der Waals surface area contributed by atoms with E-state index >= 15 is 0 Å². The fourth-order valence-corrected chi connectivity index (χ4v) is 14.4. The van der Waals surface area contributed by atoms with Crippen LogP contribution in [0.4, 0.5) is 17.1 Å². The summed E-state index contributed by atoms with van der Waals surface area (Å²) in [5.74, 6) is 0.508. The van der Waals surface area contributed by atoms with Crippen LogP contribution in [0.1, 0.15) is 138 Å². The molecule has 7 aliphatic rings. The number of aryl methyl sites for hydroxylation is 2. The van der Waals surface area contributed by atoms with Crippen LogP contribution in [0.5, 0.6) is 0 Å². The third-order valence-corrected chi connectivity index (χ3v) is 18.0. The Morgan fingerprint density at radius 1 is 0.677 bits per heavy atom. The molecule has 0 aromatic heterocycles. The Hall–Kier alpha value is -4.76. The number of benzene rings is 5. The topological polar surface area (TPSA) is 15.3 Å². The number of fused-ring (bicyclic) bond motifs is 4. The highest BCUT2D eigenvalue weighted by Gasteiger charge is 2.76. The van der Waals surface area contributed by atoms with Gasteiger partial charge in [-0.15, -0.1) is 0 Å². The van der Waals surface area contributed by atoms with Crippen LogP contribution in [0.25, 0.3) is 16.7 Å². The second kappa shape index (κ2) is 12.9. The van der Waals surface area contributed by atoms with Crippen molar-refractivity contribution in [1.29, 1.82) is 0 Å². The Bertz CT molecular complexity index is 2780. The normalized spacial score (nSPS) is 28.2. The molecule has 12 rings (SSSR count). The average Bonchev–Trinajstić information content (AvgIpc) is 3.50. The summed E-state index contributed by atoms with van der Waals surface area (Å²) in [6.45, 7) is 27.2. The molecule has 4 unspecified atom stereocenters. The summed E-state index contributed by atoms with van der Waals surface area (Å²) in [6, 6.07) is 37.9. The largest absolute Gasteiger partial charge is 0.377 e. The summed E-state index contributed by atoms with van der Waals surface area (Å²) < 4.78 is 0. The molecule has 1 radical (unpaired) electrons. The molecule has 1 fully saturated rings. The van der Waals surface area contributed by atoms with Crippen molar-refractivity contribution in [2.45, 2.75) is 136 Å². The van der Waals surface area contributed by atoms with Crippen LogP contribution in [0.3, 0.4) is 0 Å². The molecule has 1 N–H and O–H groups in total. The lowest BCUT2D eigenvalue weighted by molar-refractivity contribution is -0.0517. The van der Waals surface area contributed by atoms with Crippen LogP contribution >= 0.6 is 0 Å². The molecule has 1 spiro atoms. The first kappa shape index (κ1) is 40.0. The lowest BCUT2D eigenvalue weighted by Gasteiger charge is -2.76. The molecule has 2 nitrogen and oxygen atoms in total. The molecule has 1 saturated carbocycles. The molecule has 2 aliphatic heterocycles. The van der Waals surface area contributed by atoms with E-state index < -0.39 is 0 Å². The Kier molecular flexibility index (Phi) is 8.35. The van der Waals surface area contributed by atoms with Gasteiger partial charge in [-0.05, 0) is 153 Å². The highest BCUT2D eigenvalue weighted by atomic mass is 15.1. The van der Waals surface area contributed by atoms with Crippen molar-refractivity contribution in [2.75, 3.05) is 17.3 Å². The molecule has 5 aromatic carbocycles. The zero-order chi connectivity index (χ0) is 43.5. The van der Waals surface area contributed by atoms with Gasteiger partial charge in [-0.1, -0.05) is 158 Å². The summed E-state index contributed by atoms with van der Waals surface area (Å²) in [6.07, 6.45) is 10.4. The van der Waals surface area contributed by atoms with Gasteiger partial charge in [-0.2, -0.15) is 0 Å². The minimum Gasteiger partial charge on any atom is -0.377 e. The fraction of sp³-hybridized carbons (Fsp3) is 0.424. The number of rotatable bonds is 5. The fourth-order valence-electron chi connectivity index (χ4n) is 14.4. The maximum absolute atomic E-state index is 4.40. The van der Waals surface area contributed by atoms with Crippen molar-refractivity contribution in [3.63, 3.8) is 0 Å². The molecule has 5 aromatic rings. The average molecular weight is 814 g/mol. The van der Waals surface area contributed by atoms with Gasteiger partial charge in [0.25, 0.3) is 0 Å². The van der Waals surface area contributed by atoms with Crippen molar-refractivity contribution >= 4 is 35.4 Å². The Morgan fingerprint density at radius 2 is 1.35 bits per heavy atom. The van der Waals surface area contributed by atoms with Crippen LogP contribution in [0.15, 0.2) is 115 Å². The van der Waals surface area contributed by atoms with E-state index in [1.54, 1.807) is 5.57 Å². The van der Waals surface area contributed by atoms with Gasteiger partial charge in [-0.3, -0.25) is 0 Å². The summed E-state index contributed by atoms with van der Waals surface area (Å²) in [5.41, 5.74) is 22.6. The van der Waals surface area contributed by atoms with E-state index in [0.29, 0.717) is 0 Å². The number of hydrogen-bond donors (Lipinski definition) is 1. The second-order valence-corrected chi connectivity index (χ2v) is 23.1. The summed E-state index contributed by atoms with van der Waals surface area (Å²) >= 11 is 0. The third kappa shape index (κ3) is 5.06. The standard InChI is InChI=1S/C59H66BN2/c1-35-21-23-38(24-22-35)61-53-43-34-58(53,44-20-16-13-17-36(44)2)59-48(56(8,9)29-30-57(59,10)11)33-49(59)60-52-47(32-42-41-19-15-14-18-40(41)37(3)50(42)51(43)52)62(12)39-25-26-45-46(31-39)55(6,7)28-27-54(45,4)5/h13-26,31-34,37,49,53,61H,27-30H2,1-12H3/t37?,49?,53?,58-,59?/m1/s1. The summed E-state index contributed by atoms with van der Waals surface area (Å²) in [4.78, 5) is 2.56. The molecule has 5 atom stereocenters. The molecule has 315 valence electrons.